The first kappa shape index (κ1) is 9.74. The number of rotatable bonds is 4. The fraction of sp³-hybridized carbons (Fsp3) is 0.625. The Hall–Kier alpha value is -0.350. The summed E-state index contributed by atoms with van der Waals surface area (Å²) >= 11 is 3.41. The topological polar surface area (TPSA) is 40.7 Å². The molecule has 0 fully saturated rings. The molecule has 0 aliphatic rings. The van der Waals surface area contributed by atoms with Crippen molar-refractivity contribution in [2.45, 2.75) is 19.8 Å². The highest BCUT2D eigenvalue weighted by molar-refractivity contribution is 9.10. The van der Waals surface area contributed by atoms with Crippen molar-refractivity contribution < 1.29 is 0 Å². The molecule has 12 heavy (non-hydrogen) atoms. The molecule has 1 heterocycles. The number of halogens is 1. The molecular weight excluding hydrogens is 218 g/mol. The Morgan fingerprint density at radius 1 is 1.58 bits per heavy atom. The molecule has 3 nitrogen and oxygen atoms in total. The van der Waals surface area contributed by atoms with Crippen molar-refractivity contribution in [3.05, 3.63) is 16.1 Å². The van der Waals surface area contributed by atoms with Gasteiger partial charge in [0.05, 0.1) is 0 Å². The summed E-state index contributed by atoms with van der Waals surface area (Å²) in [5.74, 6) is 1.05. The van der Waals surface area contributed by atoms with Crippen molar-refractivity contribution in [3.8, 4) is 0 Å². The third kappa shape index (κ3) is 2.32. The molecule has 2 N–H and O–H groups in total. The van der Waals surface area contributed by atoms with E-state index in [-0.39, 0.29) is 0 Å². The van der Waals surface area contributed by atoms with Gasteiger partial charge in [0.2, 0.25) is 0 Å². The maximum absolute atomic E-state index is 4.34. The number of H-pyrrole nitrogens is 1. The van der Waals surface area contributed by atoms with Gasteiger partial charge in [0.25, 0.3) is 0 Å². The fourth-order valence-electron chi connectivity index (χ4n) is 1.04. The standard InChI is InChI=1S/C8H14BrN3/c1-3-6-8(9)12-7(11-6)4-5-10-2/h10H,3-5H2,1-2H3,(H,11,12). The van der Waals surface area contributed by atoms with E-state index in [1.54, 1.807) is 0 Å². The molecule has 68 valence electrons. The first-order valence-electron chi connectivity index (χ1n) is 4.15. The van der Waals surface area contributed by atoms with Crippen LogP contribution in [0.1, 0.15) is 18.4 Å². The summed E-state index contributed by atoms with van der Waals surface area (Å²) < 4.78 is 0.955. The highest BCUT2D eigenvalue weighted by Gasteiger charge is 2.04. The number of hydrogen-bond acceptors (Lipinski definition) is 2. The van der Waals surface area contributed by atoms with Crippen LogP contribution in [-0.4, -0.2) is 23.6 Å². The molecule has 1 rings (SSSR count). The SMILES string of the molecule is CCc1[nH]c(CCNC)nc1Br. The number of likely N-dealkylation sites (N-methyl/N-ethyl adjacent to an activating group) is 1. The molecule has 1 aromatic heterocycles. The van der Waals surface area contributed by atoms with Crippen LogP contribution in [0.25, 0.3) is 0 Å². The van der Waals surface area contributed by atoms with E-state index in [0.717, 1.165) is 29.8 Å². The lowest BCUT2D eigenvalue weighted by molar-refractivity contribution is 0.762. The predicted octanol–water partition coefficient (Wildman–Crippen LogP) is 1.50. The van der Waals surface area contributed by atoms with Crippen LogP contribution in [0.4, 0.5) is 0 Å². The molecule has 0 saturated carbocycles. The third-order valence-electron chi connectivity index (χ3n) is 1.74. The van der Waals surface area contributed by atoms with E-state index >= 15 is 0 Å². The number of aryl methyl sites for hydroxylation is 1. The molecule has 0 aromatic carbocycles. The van der Waals surface area contributed by atoms with Crippen LogP contribution in [0, 0.1) is 0 Å². The minimum atomic E-state index is 0.953. The van der Waals surface area contributed by atoms with Crippen LogP contribution in [0.15, 0.2) is 4.60 Å². The normalized spacial score (nSPS) is 10.6. The zero-order valence-corrected chi connectivity index (χ0v) is 9.03. The van der Waals surface area contributed by atoms with E-state index in [1.165, 1.54) is 5.69 Å². The number of aromatic amines is 1. The Kier molecular flexibility index (Phi) is 3.75. The summed E-state index contributed by atoms with van der Waals surface area (Å²) in [5.41, 5.74) is 1.18. The molecule has 0 aliphatic carbocycles. The molecule has 0 spiro atoms. The largest absolute Gasteiger partial charge is 0.345 e. The van der Waals surface area contributed by atoms with Gasteiger partial charge >= 0.3 is 0 Å². The maximum Gasteiger partial charge on any atom is 0.127 e. The first-order chi connectivity index (χ1) is 5.77. The smallest absolute Gasteiger partial charge is 0.127 e. The molecule has 4 heteroatoms. The van der Waals surface area contributed by atoms with Crippen LogP contribution < -0.4 is 5.32 Å². The van der Waals surface area contributed by atoms with E-state index < -0.39 is 0 Å². The third-order valence-corrected chi connectivity index (χ3v) is 2.40. The van der Waals surface area contributed by atoms with Gasteiger partial charge in [-0.1, -0.05) is 6.92 Å². The van der Waals surface area contributed by atoms with Gasteiger partial charge in [-0.3, -0.25) is 0 Å². The molecule has 0 atom stereocenters. The number of nitrogens with zero attached hydrogens (tertiary/aromatic N) is 1. The Morgan fingerprint density at radius 3 is 2.83 bits per heavy atom. The zero-order chi connectivity index (χ0) is 8.97. The molecule has 0 amide bonds. The summed E-state index contributed by atoms with van der Waals surface area (Å²) in [7, 11) is 1.94. The highest BCUT2D eigenvalue weighted by atomic mass is 79.9. The first-order valence-corrected chi connectivity index (χ1v) is 4.95. The van der Waals surface area contributed by atoms with Crippen molar-refractivity contribution in [2.75, 3.05) is 13.6 Å². The number of imidazole rings is 1. The Balaban J connectivity index is 2.62. The second-order valence-electron chi connectivity index (χ2n) is 2.66. The predicted molar refractivity (Wildman–Crippen MR) is 53.3 cm³/mol. The van der Waals surface area contributed by atoms with Gasteiger partial charge in [0.15, 0.2) is 0 Å². The lowest BCUT2D eigenvalue weighted by Gasteiger charge is -1.93. The average molecular weight is 232 g/mol. The second-order valence-corrected chi connectivity index (χ2v) is 3.41. The van der Waals surface area contributed by atoms with Gasteiger partial charge in [-0.05, 0) is 29.4 Å². The van der Waals surface area contributed by atoms with Crippen molar-refractivity contribution in [2.24, 2.45) is 0 Å². The van der Waals surface area contributed by atoms with Crippen molar-refractivity contribution >= 4 is 15.9 Å². The van der Waals surface area contributed by atoms with E-state index in [0.29, 0.717) is 0 Å². The molecule has 0 radical (unpaired) electrons. The minimum Gasteiger partial charge on any atom is -0.345 e. The lowest BCUT2D eigenvalue weighted by Crippen LogP contribution is -2.11. The monoisotopic (exact) mass is 231 g/mol. The van der Waals surface area contributed by atoms with Crippen LogP contribution in [0.2, 0.25) is 0 Å². The van der Waals surface area contributed by atoms with E-state index in [4.69, 9.17) is 0 Å². The maximum atomic E-state index is 4.34. The molecule has 0 saturated heterocycles. The van der Waals surface area contributed by atoms with E-state index in [2.05, 4.69) is 38.1 Å². The van der Waals surface area contributed by atoms with Crippen LogP contribution in [0.5, 0.6) is 0 Å². The van der Waals surface area contributed by atoms with Gasteiger partial charge in [-0.2, -0.15) is 0 Å². The Labute approximate surface area is 81.1 Å². The average Bonchev–Trinajstić information content (AvgIpc) is 2.43. The summed E-state index contributed by atoms with van der Waals surface area (Å²) in [4.78, 5) is 7.61. The van der Waals surface area contributed by atoms with E-state index in [1.807, 2.05) is 7.05 Å². The van der Waals surface area contributed by atoms with Crippen molar-refractivity contribution in [3.63, 3.8) is 0 Å². The highest BCUT2D eigenvalue weighted by Crippen LogP contribution is 2.13. The van der Waals surface area contributed by atoms with Crippen molar-refractivity contribution in [1.82, 2.24) is 15.3 Å². The summed E-state index contributed by atoms with van der Waals surface area (Å²) in [6.07, 6.45) is 1.95. The Morgan fingerprint density at radius 2 is 2.33 bits per heavy atom. The number of nitrogens with one attached hydrogen (secondary N) is 2. The van der Waals surface area contributed by atoms with Crippen LogP contribution >= 0.6 is 15.9 Å². The molecule has 1 aromatic rings. The quantitative estimate of drug-likeness (QED) is 0.825. The molecule has 0 unspecified atom stereocenters. The minimum absolute atomic E-state index is 0.953. The van der Waals surface area contributed by atoms with Crippen LogP contribution in [-0.2, 0) is 12.8 Å². The number of hydrogen-bond donors (Lipinski definition) is 2. The van der Waals surface area contributed by atoms with Crippen LogP contribution in [0.3, 0.4) is 0 Å². The number of aromatic nitrogens is 2. The summed E-state index contributed by atoms with van der Waals surface area (Å²) in [6, 6.07) is 0. The summed E-state index contributed by atoms with van der Waals surface area (Å²) in [6.45, 7) is 3.07. The van der Waals surface area contributed by atoms with Gasteiger partial charge < -0.3 is 10.3 Å². The second kappa shape index (κ2) is 4.62. The van der Waals surface area contributed by atoms with E-state index in [9.17, 15) is 0 Å². The molecule has 0 aliphatic heterocycles. The summed E-state index contributed by atoms with van der Waals surface area (Å²) in [5, 5.41) is 3.09. The Bertz CT molecular complexity index is 244. The molecule has 0 bridgehead atoms. The fourth-order valence-corrected chi connectivity index (χ4v) is 1.63. The molecular formula is C8H14BrN3. The van der Waals surface area contributed by atoms with Gasteiger partial charge in [-0.25, -0.2) is 4.98 Å². The van der Waals surface area contributed by atoms with Crippen molar-refractivity contribution in [1.29, 1.82) is 0 Å². The zero-order valence-electron chi connectivity index (χ0n) is 7.45. The van der Waals surface area contributed by atoms with Gasteiger partial charge in [0.1, 0.15) is 10.4 Å². The van der Waals surface area contributed by atoms with Gasteiger partial charge in [0, 0.05) is 18.7 Å². The lowest BCUT2D eigenvalue weighted by atomic mass is 10.4. The van der Waals surface area contributed by atoms with Gasteiger partial charge in [-0.15, -0.1) is 0 Å².